The first kappa shape index (κ1) is 17.8. The van der Waals surface area contributed by atoms with Crippen LogP contribution in [0, 0.1) is 0 Å². The topological polar surface area (TPSA) is 66.8 Å². The Morgan fingerprint density at radius 1 is 1.48 bits per heavy atom. The zero-order chi connectivity index (χ0) is 17.0. The van der Waals surface area contributed by atoms with Gasteiger partial charge in [-0.15, -0.1) is 0 Å². The molecule has 1 aliphatic rings. The van der Waals surface area contributed by atoms with Crippen molar-refractivity contribution in [2.45, 2.75) is 17.7 Å². The highest BCUT2D eigenvalue weighted by Gasteiger charge is 2.34. The Hall–Kier alpha value is -1.50. The lowest BCUT2D eigenvalue weighted by Crippen LogP contribution is -2.42. The van der Waals surface area contributed by atoms with E-state index in [9.17, 15) is 9.59 Å². The third-order valence-electron chi connectivity index (χ3n) is 3.80. The molecule has 0 radical (unpaired) electrons. The molecule has 23 heavy (non-hydrogen) atoms. The van der Waals surface area contributed by atoms with Crippen LogP contribution in [0.5, 0.6) is 0 Å². The molecule has 0 bridgehead atoms. The number of methoxy groups -OCH3 is 1. The normalized spacial score (nSPS) is 21.9. The first-order valence-electron chi connectivity index (χ1n) is 7.11. The summed E-state index contributed by atoms with van der Waals surface area (Å²) in [4.78, 5) is 25.1. The Kier molecular flexibility index (Phi) is 6.10. The number of carbonyl (C=O) groups is 2. The van der Waals surface area contributed by atoms with Crippen LogP contribution in [-0.2, 0) is 14.3 Å². The third kappa shape index (κ3) is 4.28. The van der Waals surface area contributed by atoms with Gasteiger partial charge in [-0.05, 0) is 23.6 Å². The number of hydrogen-bond acceptors (Lipinski definition) is 5. The Balaban J connectivity index is 2.35. The SMILES string of the molecule is COC(=O)[C@H](c1ccccc1Cl)N1CCC(S)/C(=C/C(=O)O)C1. The summed E-state index contributed by atoms with van der Waals surface area (Å²) in [5.74, 6) is -1.45. The maximum atomic E-state index is 12.3. The maximum Gasteiger partial charge on any atom is 0.328 e. The van der Waals surface area contributed by atoms with Crippen molar-refractivity contribution in [2.75, 3.05) is 20.2 Å². The highest BCUT2D eigenvalue weighted by atomic mass is 35.5. The molecule has 1 fully saturated rings. The number of carboxylic acid groups (broad SMARTS) is 1. The van der Waals surface area contributed by atoms with E-state index in [1.165, 1.54) is 7.11 Å². The van der Waals surface area contributed by atoms with Crippen LogP contribution in [0.3, 0.4) is 0 Å². The monoisotopic (exact) mass is 355 g/mol. The Labute approximate surface area is 145 Å². The smallest absolute Gasteiger partial charge is 0.328 e. The lowest BCUT2D eigenvalue weighted by molar-refractivity contribution is -0.147. The largest absolute Gasteiger partial charge is 0.478 e. The molecule has 7 heteroatoms. The number of carboxylic acids is 1. The molecule has 0 amide bonds. The molecular formula is C16H18ClNO4S. The van der Waals surface area contributed by atoms with E-state index in [2.05, 4.69) is 12.6 Å². The molecule has 2 atom stereocenters. The van der Waals surface area contributed by atoms with Gasteiger partial charge in [-0.2, -0.15) is 12.6 Å². The molecule has 1 aromatic rings. The zero-order valence-corrected chi connectivity index (χ0v) is 14.3. The van der Waals surface area contributed by atoms with E-state index in [4.69, 9.17) is 21.4 Å². The van der Waals surface area contributed by atoms with Gasteiger partial charge < -0.3 is 9.84 Å². The van der Waals surface area contributed by atoms with Crippen LogP contribution in [-0.4, -0.2) is 47.4 Å². The van der Waals surface area contributed by atoms with Gasteiger partial charge >= 0.3 is 11.9 Å². The van der Waals surface area contributed by atoms with E-state index < -0.39 is 18.0 Å². The minimum atomic E-state index is -1.02. The van der Waals surface area contributed by atoms with E-state index in [0.29, 0.717) is 35.7 Å². The predicted molar refractivity (Wildman–Crippen MR) is 90.9 cm³/mol. The summed E-state index contributed by atoms with van der Waals surface area (Å²) in [6, 6.07) is 6.40. The minimum Gasteiger partial charge on any atom is -0.478 e. The van der Waals surface area contributed by atoms with Gasteiger partial charge in [0, 0.05) is 29.4 Å². The summed E-state index contributed by atoms with van der Waals surface area (Å²) in [5.41, 5.74) is 1.31. The van der Waals surface area contributed by atoms with Crippen LogP contribution in [0.15, 0.2) is 35.9 Å². The van der Waals surface area contributed by atoms with Crippen LogP contribution in [0.25, 0.3) is 0 Å². The second kappa shape index (κ2) is 7.86. The number of rotatable bonds is 4. The summed E-state index contributed by atoms with van der Waals surface area (Å²) in [5, 5.41) is 9.32. The second-order valence-corrected chi connectivity index (χ2v) is 6.31. The van der Waals surface area contributed by atoms with Crippen molar-refractivity contribution >= 4 is 36.2 Å². The average molecular weight is 356 g/mol. The van der Waals surface area contributed by atoms with E-state index in [1.54, 1.807) is 24.3 Å². The second-order valence-electron chi connectivity index (χ2n) is 5.28. The first-order valence-corrected chi connectivity index (χ1v) is 8.01. The van der Waals surface area contributed by atoms with Crippen molar-refractivity contribution < 1.29 is 19.4 Å². The van der Waals surface area contributed by atoms with Crippen LogP contribution >= 0.6 is 24.2 Å². The number of nitrogens with zero attached hydrogens (tertiary/aromatic N) is 1. The fraction of sp³-hybridized carbons (Fsp3) is 0.375. The molecule has 124 valence electrons. The van der Waals surface area contributed by atoms with Crippen LogP contribution in [0.1, 0.15) is 18.0 Å². The van der Waals surface area contributed by atoms with Gasteiger partial charge in [0.15, 0.2) is 0 Å². The first-order chi connectivity index (χ1) is 10.9. The van der Waals surface area contributed by atoms with Crippen molar-refractivity contribution in [3.8, 4) is 0 Å². The number of esters is 1. The number of benzene rings is 1. The number of piperidine rings is 1. The molecule has 5 nitrogen and oxygen atoms in total. The van der Waals surface area contributed by atoms with E-state index in [-0.39, 0.29) is 5.25 Å². The molecule has 2 rings (SSSR count). The van der Waals surface area contributed by atoms with Gasteiger partial charge in [-0.1, -0.05) is 29.8 Å². The molecule has 1 aromatic carbocycles. The fourth-order valence-corrected chi connectivity index (χ4v) is 3.21. The quantitative estimate of drug-likeness (QED) is 0.493. The van der Waals surface area contributed by atoms with Crippen LogP contribution < -0.4 is 0 Å². The van der Waals surface area contributed by atoms with Gasteiger partial charge in [-0.25, -0.2) is 9.59 Å². The number of hydrogen-bond donors (Lipinski definition) is 2. The molecule has 0 saturated carbocycles. The number of halogens is 1. The zero-order valence-electron chi connectivity index (χ0n) is 12.6. The van der Waals surface area contributed by atoms with Crippen LogP contribution in [0.4, 0.5) is 0 Å². The lowest BCUT2D eigenvalue weighted by Gasteiger charge is -2.36. The molecule has 1 aliphatic heterocycles. The minimum absolute atomic E-state index is 0.133. The number of likely N-dealkylation sites (tertiary alicyclic amines) is 1. The van der Waals surface area contributed by atoms with E-state index in [0.717, 1.165) is 6.08 Å². The number of thiol groups is 1. The summed E-state index contributed by atoms with van der Waals surface area (Å²) >= 11 is 10.7. The van der Waals surface area contributed by atoms with Crippen molar-refractivity contribution in [1.82, 2.24) is 4.90 Å². The summed E-state index contributed by atoms with van der Waals surface area (Å²) in [7, 11) is 1.32. The third-order valence-corrected chi connectivity index (χ3v) is 4.74. The van der Waals surface area contributed by atoms with Gasteiger partial charge in [0.1, 0.15) is 6.04 Å². The highest BCUT2D eigenvalue weighted by molar-refractivity contribution is 7.81. The lowest BCUT2D eigenvalue weighted by atomic mass is 9.98. The summed E-state index contributed by atoms with van der Waals surface area (Å²) in [6.07, 6.45) is 1.80. The van der Waals surface area contributed by atoms with Gasteiger partial charge in [0.05, 0.1) is 7.11 Å². The summed E-state index contributed by atoms with van der Waals surface area (Å²) < 4.78 is 4.92. The molecule has 1 unspecified atom stereocenters. The maximum absolute atomic E-state index is 12.3. The van der Waals surface area contributed by atoms with Crippen molar-refractivity contribution in [1.29, 1.82) is 0 Å². The summed E-state index contributed by atoms with van der Waals surface area (Å²) in [6.45, 7) is 0.918. The Bertz CT molecular complexity index is 634. The fourth-order valence-electron chi connectivity index (χ4n) is 2.69. The van der Waals surface area contributed by atoms with Crippen molar-refractivity contribution in [2.24, 2.45) is 0 Å². The number of ether oxygens (including phenoxy) is 1. The molecule has 0 spiro atoms. The van der Waals surface area contributed by atoms with E-state index >= 15 is 0 Å². The molecule has 0 aliphatic carbocycles. The van der Waals surface area contributed by atoms with E-state index in [1.807, 2.05) is 4.90 Å². The predicted octanol–water partition coefficient (Wildman–Crippen LogP) is 2.57. The van der Waals surface area contributed by atoms with Crippen LogP contribution in [0.2, 0.25) is 5.02 Å². The molecule has 1 saturated heterocycles. The standard InChI is InChI=1S/C16H18ClNO4S/c1-22-16(21)15(11-4-2-3-5-12(11)17)18-7-6-13(23)10(9-18)8-14(19)20/h2-5,8,13,15,23H,6-7,9H2,1H3,(H,19,20)/b10-8+/t13?,15-/m0/s1. The molecular weight excluding hydrogens is 338 g/mol. The highest BCUT2D eigenvalue weighted by Crippen LogP contribution is 2.33. The average Bonchev–Trinajstić information content (AvgIpc) is 2.51. The van der Waals surface area contributed by atoms with Crippen molar-refractivity contribution in [3.63, 3.8) is 0 Å². The van der Waals surface area contributed by atoms with Crippen molar-refractivity contribution in [3.05, 3.63) is 46.5 Å². The molecule has 1 heterocycles. The number of carbonyl (C=O) groups excluding carboxylic acids is 1. The number of aliphatic carboxylic acids is 1. The molecule has 1 N–H and O–H groups in total. The Morgan fingerprint density at radius 2 is 2.17 bits per heavy atom. The van der Waals surface area contributed by atoms with Gasteiger partial charge in [-0.3, -0.25) is 4.90 Å². The van der Waals surface area contributed by atoms with Gasteiger partial charge in [0.2, 0.25) is 0 Å². The van der Waals surface area contributed by atoms with Gasteiger partial charge in [0.25, 0.3) is 0 Å². The Morgan fingerprint density at radius 3 is 2.78 bits per heavy atom. The molecule has 0 aromatic heterocycles.